The van der Waals surface area contributed by atoms with Crippen molar-refractivity contribution in [2.45, 2.75) is 70.3 Å². The highest BCUT2D eigenvalue weighted by molar-refractivity contribution is 7.14. The Morgan fingerprint density at radius 2 is 1.93 bits per heavy atom. The summed E-state index contributed by atoms with van der Waals surface area (Å²) in [5.41, 5.74) is 5.82. The minimum absolute atomic E-state index is 0.224. The van der Waals surface area contributed by atoms with Gasteiger partial charge in [-0.25, -0.2) is 4.98 Å². The first kappa shape index (κ1) is 20.8. The third-order valence-electron chi connectivity index (χ3n) is 6.87. The summed E-state index contributed by atoms with van der Waals surface area (Å²) in [4.78, 5) is 7.40. The van der Waals surface area contributed by atoms with E-state index in [1.165, 1.54) is 29.5 Å². The van der Waals surface area contributed by atoms with Crippen LogP contribution in [0.5, 0.6) is 0 Å². The van der Waals surface area contributed by atoms with Gasteiger partial charge in [-0.15, -0.1) is 11.3 Å². The largest absolute Gasteiger partial charge is 0.396 e. The van der Waals surface area contributed by atoms with Gasteiger partial charge in [-0.3, -0.25) is 0 Å². The molecule has 1 aromatic carbocycles. The normalized spacial score (nSPS) is 22.7. The first-order valence-corrected chi connectivity index (χ1v) is 11.9. The Bertz CT molecular complexity index is 858. The number of anilines is 1. The maximum absolute atomic E-state index is 8.96. The number of hydrogen-bond donors (Lipinski definition) is 2. The molecule has 0 radical (unpaired) electrons. The molecule has 2 N–H and O–H groups in total. The van der Waals surface area contributed by atoms with Crippen LogP contribution in [0, 0.1) is 0 Å². The average Bonchev–Trinajstić information content (AvgIpc) is 3.35. The van der Waals surface area contributed by atoms with Gasteiger partial charge in [0.25, 0.3) is 0 Å². The molecule has 1 aromatic heterocycles. The second-order valence-corrected chi connectivity index (χ2v) is 10.8. The van der Waals surface area contributed by atoms with Gasteiger partial charge in [0, 0.05) is 36.7 Å². The Labute approximate surface area is 179 Å². The SMILES string of the molecule is CC1(C)CCC(C)(C)c2cc(-c3csc(N4CC[C@H](NCCCO)C4)n3)ccc21. The topological polar surface area (TPSA) is 48.4 Å². The van der Waals surface area contributed by atoms with E-state index in [2.05, 4.69) is 61.5 Å². The van der Waals surface area contributed by atoms with E-state index in [0.717, 1.165) is 43.3 Å². The number of aliphatic hydroxyl groups is 1. The lowest BCUT2D eigenvalue weighted by Crippen LogP contribution is -2.33. The molecule has 1 saturated heterocycles. The number of nitrogens with one attached hydrogen (secondary N) is 1. The van der Waals surface area contributed by atoms with Gasteiger partial charge in [-0.1, -0.05) is 39.8 Å². The third-order valence-corrected chi connectivity index (χ3v) is 7.77. The van der Waals surface area contributed by atoms with Gasteiger partial charge < -0.3 is 15.3 Å². The molecular weight excluding hydrogens is 378 g/mol. The fourth-order valence-electron chi connectivity index (χ4n) is 4.78. The molecule has 158 valence electrons. The predicted octanol–water partition coefficient (Wildman–Crippen LogP) is 4.71. The van der Waals surface area contributed by atoms with E-state index in [9.17, 15) is 0 Å². The van der Waals surface area contributed by atoms with E-state index in [4.69, 9.17) is 10.1 Å². The summed E-state index contributed by atoms with van der Waals surface area (Å²) in [5, 5.41) is 15.8. The molecular formula is C24H35N3OS. The van der Waals surface area contributed by atoms with Crippen molar-refractivity contribution in [2.75, 3.05) is 31.1 Å². The smallest absolute Gasteiger partial charge is 0.185 e. The molecule has 4 nitrogen and oxygen atoms in total. The maximum atomic E-state index is 8.96. The van der Waals surface area contributed by atoms with Crippen molar-refractivity contribution in [3.05, 3.63) is 34.7 Å². The van der Waals surface area contributed by atoms with Crippen LogP contribution in [0.15, 0.2) is 23.6 Å². The number of aromatic nitrogens is 1. The Hall–Kier alpha value is -1.43. The van der Waals surface area contributed by atoms with Crippen molar-refractivity contribution >= 4 is 16.5 Å². The zero-order valence-electron chi connectivity index (χ0n) is 18.3. The standard InChI is InChI=1S/C24H35N3OS/c1-23(2)9-10-24(3,4)20-14-17(6-7-19(20)23)21-16-29-22(26-21)27-12-8-18(15-27)25-11-5-13-28/h6-7,14,16,18,25,28H,5,8-13,15H2,1-4H3/t18-/m0/s1. The Balaban J connectivity index is 1.52. The maximum Gasteiger partial charge on any atom is 0.185 e. The highest BCUT2D eigenvalue weighted by Gasteiger charge is 2.37. The van der Waals surface area contributed by atoms with Crippen LogP contribution in [0.2, 0.25) is 0 Å². The fraction of sp³-hybridized carbons (Fsp3) is 0.625. The molecule has 1 aliphatic carbocycles. The molecule has 29 heavy (non-hydrogen) atoms. The van der Waals surface area contributed by atoms with Gasteiger partial charge in [0.1, 0.15) is 0 Å². The molecule has 0 unspecified atom stereocenters. The Kier molecular flexibility index (Phi) is 5.75. The van der Waals surface area contributed by atoms with Crippen molar-refractivity contribution in [3.63, 3.8) is 0 Å². The van der Waals surface area contributed by atoms with Gasteiger partial charge in [-0.2, -0.15) is 0 Å². The molecule has 0 spiro atoms. The van der Waals surface area contributed by atoms with Crippen LogP contribution < -0.4 is 10.2 Å². The molecule has 2 aliphatic rings. The number of fused-ring (bicyclic) bond motifs is 1. The van der Waals surface area contributed by atoms with Crippen molar-refractivity contribution in [2.24, 2.45) is 0 Å². The van der Waals surface area contributed by atoms with Crippen LogP contribution in [-0.2, 0) is 10.8 Å². The van der Waals surface area contributed by atoms with Gasteiger partial charge in [-0.05, 0) is 60.3 Å². The molecule has 0 bridgehead atoms. The monoisotopic (exact) mass is 413 g/mol. The minimum atomic E-state index is 0.224. The first-order valence-electron chi connectivity index (χ1n) is 11.0. The molecule has 2 heterocycles. The molecule has 4 rings (SSSR count). The van der Waals surface area contributed by atoms with E-state index < -0.39 is 0 Å². The number of rotatable bonds is 6. The van der Waals surface area contributed by atoms with Gasteiger partial charge >= 0.3 is 0 Å². The second kappa shape index (κ2) is 8.01. The highest BCUT2D eigenvalue weighted by atomic mass is 32.1. The van der Waals surface area contributed by atoms with Crippen LogP contribution in [0.1, 0.15) is 64.5 Å². The van der Waals surface area contributed by atoms with E-state index in [1.807, 2.05) is 0 Å². The van der Waals surface area contributed by atoms with Crippen molar-refractivity contribution in [3.8, 4) is 11.3 Å². The zero-order chi connectivity index (χ0) is 20.6. The lowest BCUT2D eigenvalue weighted by Gasteiger charge is -2.42. The van der Waals surface area contributed by atoms with Gasteiger partial charge in [0.15, 0.2) is 5.13 Å². The second-order valence-electron chi connectivity index (χ2n) is 10.0. The van der Waals surface area contributed by atoms with E-state index >= 15 is 0 Å². The van der Waals surface area contributed by atoms with Gasteiger partial charge in [0.2, 0.25) is 0 Å². The van der Waals surface area contributed by atoms with Crippen LogP contribution in [0.25, 0.3) is 11.3 Å². The number of thiazole rings is 1. The summed E-state index contributed by atoms with van der Waals surface area (Å²) in [6, 6.07) is 7.52. The zero-order valence-corrected chi connectivity index (χ0v) is 19.1. The van der Waals surface area contributed by atoms with Crippen LogP contribution >= 0.6 is 11.3 Å². The van der Waals surface area contributed by atoms with Crippen molar-refractivity contribution in [1.29, 1.82) is 0 Å². The van der Waals surface area contributed by atoms with Crippen LogP contribution in [0.3, 0.4) is 0 Å². The van der Waals surface area contributed by atoms with Gasteiger partial charge in [0.05, 0.1) is 5.69 Å². The lowest BCUT2D eigenvalue weighted by molar-refractivity contribution is 0.284. The Morgan fingerprint density at radius 3 is 2.69 bits per heavy atom. The van der Waals surface area contributed by atoms with E-state index in [0.29, 0.717) is 6.04 Å². The lowest BCUT2D eigenvalue weighted by atomic mass is 9.63. The minimum Gasteiger partial charge on any atom is -0.396 e. The summed E-state index contributed by atoms with van der Waals surface area (Å²) in [6.45, 7) is 12.7. The number of benzene rings is 1. The molecule has 1 atom stereocenters. The van der Waals surface area contributed by atoms with E-state index in [1.54, 1.807) is 11.3 Å². The average molecular weight is 414 g/mol. The summed E-state index contributed by atoms with van der Waals surface area (Å²) >= 11 is 1.76. The quantitative estimate of drug-likeness (QED) is 0.674. The molecule has 1 fully saturated rings. The molecule has 1 aliphatic heterocycles. The predicted molar refractivity (Wildman–Crippen MR) is 123 cm³/mol. The molecule has 0 saturated carbocycles. The third kappa shape index (κ3) is 4.23. The molecule has 0 amide bonds. The molecule has 5 heteroatoms. The summed E-state index contributed by atoms with van der Waals surface area (Å²) in [6.07, 6.45) is 4.44. The first-order chi connectivity index (χ1) is 13.8. The number of hydrogen-bond acceptors (Lipinski definition) is 5. The summed E-state index contributed by atoms with van der Waals surface area (Å²) in [5.74, 6) is 0. The number of nitrogens with zero attached hydrogens (tertiary/aromatic N) is 2. The highest BCUT2D eigenvalue weighted by Crippen LogP contribution is 2.46. The van der Waals surface area contributed by atoms with Crippen molar-refractivity contribution < 1.29 is 5.11 Å². The van der Waals surface area contributed by atoms with Crippen molar-refractivity contribution in [1.82, 2.24) is 10.3 Å². The molecule has 2 aromatic rings. The fourth-order valence-corrected chi connectivity index (χ4v) is 5.65. The Morgan fingerprint density at radius 1 is 1.17 bits per heavy atom. The van der Waals surface area contributed by atoms with E-state index in [-0.39, 0.29) is 17.4 Å². The van der Waals surface area contributed by atoms with Crippen LogP contribution in [0.4, 0.5) is 5.13 Å². The van der Waals surface area contributed by atoms with Crippen LogP contribution in [-0.4, -0.2) is 42.4 Å². The summed E-state index contributed by atoms with van der Waals surface area (Å²) < 4.78 is 0. The number of aliphatic hydroxyl groups excluding tert-OH is 1. The summed E-state index contributed by atoms with van der Waals surface area (Å²) in [7, 11) is 0.